The maximum atomic E-state index is 12.2. The van der Waals surface area contributed by atoms with E-state index < -0.39 is 53.7 Å². The van der Waals surface area contributed by atoms with E-state index in [1.807, 2.05) is 0 Å². The van der Waals surface area contributed by atoms with Crippen molar-refractivity contribution in [3.63, 3.8) is 0 Å². The topological polar surface area (TPSA) is 166 Å². The number of hydrogen-bond acceptors (Lipinski definition) is 8. The SMILES string of the molecule is COC1CC2C(NC(=O)C[n+]3cc([O-])on3)C(=O)N2C(C(=O)O)C1=O. The van der Waals surface area contributed by atoms with Crippen molar-refractivity contribution in [2.75, 3.05) is 7.11 Å². The summed E-state index contributed by atoms with van der Waals surface area (Å²) in [6, 6.07) is -3.27. The molecule has 1 aromatic rings. The first-order chi connectivity index (χ1) is 11.8. The molecule has 134 valence electrons. The van der Waals surface area contributed by atoms with Gasteiger partial charge in [-0.1, -0.05) is 4.68 Å². The molecule has 0 bridgehead atoms. The number of fused-ring (bicyclic) bond motifs is 1. The van der Waals surface area contributed by atoms with Crippen molar-refractivity contribution in [2.45, 2.75) is 37.2 Å². The molecular weight excluding hydrogens is 340 g/mol. The van der Waals surface area contributed by atoms with Crippen molar-refractivity contribution in [1.82, 2.24) is 15.5 Å². The van der Waals surface area contributed by atoms with Crippen LogP contribution in [0, 0.1) is 0 Å². The highest BCUT2D eigenvalue weighted by atomic mass is 16.6. The summed E-state index contributed by atoms with van der Waals surface area (Å²) in [6.45, 7) is -0.350. The lowest BCUT2D eigenvalue weighted by molar-refractivity contribution is -0.751. The summed E-state index contributed by atoms with van der Waals surface area (Å²) in [5, 5.41) is 25.8. The number of carboxylic acids is 1. The predicted molar refractivity (Wildman–Crippen MR) is 70.6 cm³/mol. The number of aliphatic carboxylic acids is 1. The number of ether oxygens (including phenoxy) is 1. The summed E-state index contributed by atoms with van der Waals surface area (Å²) in [5.74, 6) is -4.16. The van der Waals surface area contributed by atoms with Crippen LogP contribution >= 0.6 is 0 Å². The number of aromatic nitrogens is 2. The Morgan fingerprint density at radius 3 is 2.84 bits per heavy atom. The van der Waals surface area contributed by atoms with E-state index in [0.29, 0.717) is 0 Å². The molecule has 0 aromatic carbocycles. The number of amides is 2. The molecule has 2 aliphatic rings. The zero-order valence-electron chi connectivity index (χ0n) is 12.9. The van der Waals surface area contributed by atoms with Gasteiger partial charge in [0.25, 0.3) is 12.5 Å². The van der Waals surface area contributed by atoms with Crippen LogP contribution in [0.15, 0.2) is 10.7 Å². The quantitative estimate of drug-likeness (QED) is 0.306. The molecule has 1 aromatic heterocycles. The molecule has 4 unspecified atom stereocenters. The van der Waals surface area contributed by atoms with E-state index in [1.165, 1.54) is 7.11 Å². The lowest BCUT2D eigenvalue weighted by atomic mass is 9.80. The summed E-state index contributed by atoms with van der Waals surface area (Å²) in [7, 11) is 1.27. The van der Waals surface area contributed by atoms with Crippen LogP contribution in [0.4, 0.5) is 0 Å². The van der Waals surface area contributed by atoms with E-state index in [9.17, 15) is 29.4 Å². The minimum atomic E-state index is -1.63. The van der Waals surface area contributed by atoms with Crippen molar-refractivity contribution >= 4 is 23.6 Å². The molecule has 0 aliphatic carbocycles. The summed E-state index contributed by atoms with van der Waals surface area (Å²) >= 11 is 0. The largest absolute Gasteiger partial charge is 0.539 e. The highest BCUT2D eigenvalue weighted by molar-refractivity contribution is 6.10. The van der Waals surface area contributed by atoms with Crippen LogP contribution in [0.1, 0.15) is 6.42 Å². The number of nitrogens with one attached hydrogen (secondary N) is 1. The number of piperidine rings is 1. The Balaban J connectivity index is 1.70. The Morgan fingerprint density at radius 2 is 2.28 bits per heavy atom. The third-order valence-electron chi connectivity index (χ3n) is 4.21. The second kappa shape index (κ2) is 6.12. The molecule has 2 fully saturated rings. The van der Waals surface area contributed by atoms with Crippen LogP contribution in [-0.2, 0) is 30.5 Å². The summed E-state index contributed by atoms with van der Waals surface area (Å²) < 4.78 is 10.2. The van der Waals surface area contributed by atoms with Gasteiger partial charge < -0.3 is 29.7 Å². The maximum Gasteiger partial charge on any atom is 0.334 e. The van der Waals surface area contributed by atoms with Gasteiger partial charge in [0, 0.05) is 13.5 Å². The van der Waals surface area contributed by atoms with E-state index in [-0.39, 0.29) is 13.0 Å². The molecule has 25 heavy (non-hydrogen) atoms. The third-order valence-corrected chi connectivity index (χ3v) is 4.21. The predicted octanol–water partition coefficient (Wildman–Crippen LogP) is -3.83. The average molecular weight is 354 g/mol. The van der Waals surface area contributed by atoms with E-state index in [4.69, 9.17) is 4.74 Å². The molecule has 3 heterocycles. The van der Waals surface area contributed by atoms with Gasteiger partial charge in [0.15, 0.2) is 11.8 Å². The second-order valence-electron chi connectivity index (χ2n) is 5.68. The molecule has 12 nitrogen and oxygen atoms in total. The van der Waals surface area contributed by atoms with Gasteiger partial charge in [-0.15, -0.1) is 0 Å². The minimum absolute atomic E-state index is 0.0810. The van der Waals surface area contributed by atoms with Crippen LogP contribution in [-0.4, -0.2) is 70.2 Å². The van der Waals surface area contributed by atoms with Crippen molar-refractivity contribution in [2.24, 2.45) is 0 Å². The lowest BCUT2D eigenvalue weighted by Crippen LogP contribution is -2.79. The van der Waals surface area contributed by atoms with Gasteiger partial charge in [-0.25, -0.2) is 4.79 Å². The molecule has 0 saturated carbocycles. The smallest absolute Gasteiger partial charge is 0.334 e. The van der Waals surface area contributed by atoms with Crippen LogP contribution in [0.5, 0.6) is 5.95 Å². The zero-order valence-corrected chi connectivity index (χ0v) is 12.9. The van der Waals surface area contributed by atoms with Crippen molar-refractivity contribution < 1.29 is 43.3 Å². The number of nitrogens with zero attached hydrogens (tertiary/aromatic N) is 3. The number of ketones is 1. The monoisotopic (exact) mass is 354 g/mol. The second-order valence-corrected chi connectivity index (χ2v) is 5.68. The molecule has 2 N–H and O–H groups in total. The van der Waals surface area contributed by atoms with Crippen LogP contribution in [0.3, 0.4) is 0 Å². The van der Waals surface area contributed by atoms with Gasteiger partial charge in [0.05, 0.1) is 11.3 Å². The third kappa shape index (κ3) is 2.80. The summed E-state index contributed by atoms with van der Waals surface area (Å²) in [5.41, 5.74) is 0. The number of hydrogen-bond donors (Lipinski definition) is 2. The Hall–Kier alpha value is -3.02. The van der Waals surface area contributed by atoms with Gasteiger partial charge in [0.2, 0.25) is 12.1 Å². The zero-order chi connectivity index (χ0) is 18.3. The number of carbonyl (C=O) groups excluding carboxylic acids is 3. The fourth-order valence-electron chi connectivity index (χ4n) is 3.10. The number of carbonyl (C=O) groups is 4. The van der Waals surface area contributed by atoms with Crippen LogP contribution in [0.2, 0.25) is 0 Å². The van der Waals surface area contributed by atoms with Crippen molar-refractivity contribution in [3.8, 4) is 5.95 Å². The van der Waals surface area contributed by atoms with Gasteiger partial charge in [-0.05, 0) is 0 Å². The van der Waals surface area contributed by atoms with Crippen molar-refractivity contribution in [3.05, 3.63) is 6.20 Å². The Morgan fingerprint density at radius 1 is 1.56 bits per heavy atom. The standard InChI is InChI=1S/C13H14N4O8/c1-24-6-2-5-9(12(21)17(5)10(11(6)20)13(22)23)14-7(18)3-16-4-8(19)25-15-16/h4-6,9-10H,2-3H2,1H3,(H2-,14,15,18,19,22,23). The normalized spacial score (nSPS) is 28.3. The van der Waals surface area contributed by atoms with E-state index in [1.54, 1.807) is 0 Å². The Bertz CT molecular complexity index is 746. The summed E-state index contributed by atoms with van der Waals surface area (Å²) in [4.78, 5) is 48.5. The van der Waals surface area contributed by atoms with Crippen LogP contribution < -0.4 is 15.1 Å². The number of methoxy groups -OCH3 is 1. The van der Waals surface area contributed by atoms with Crippen LogP contribution in [0.25, 0.3) is 0 Å². The Labute approximate surface area is 139 Å². The van der Waals surface area contributed by atoms with Gasteiger partial charge in [0.1, 0.15) is 18.1 Å². The number of β-lactam (4-membered cyclic amide) rings is 1. The number of carboxylic acid groups (broad SMARTS) is 1. The molecule has 0 radical (unpaired) electrons. The first-order valence-corrected chi connectivity index (χ1v) is 7.27. The molecule has 3 rings (SSSR count). The highest BCUT2D eigenvalue weighted by Gasteiger charge is 2.60. The number of Topliss-reactive ketones (excluding diaryl/α,β-unsaturated/α-hetero) is 1. The fourth-order valence-corrected chi connectivity index (χ4v) is 3.10. The van der Waals surface area contributed by atoms with E-state index in [2.05, 4.69) is 15.1 Å². The minimum Gasteiger partial charge on any atom is -0.539 e. The molecule has 4 atom stereocenters. The van der Waals surface area contributed by atoms with Gasteiger partial charge in [-0.2, -0.15) is 0 Å². The molecule has 2 amide bonds. The fraction of sp³-hybridized carbons (Fsp3) is 0.538. The van der Waals surface area contributed by atoms with Gasteiger partial charge >= 0.3 is 5.97 Å². The average Bonchev–Trinajstić information content (AvgIpc) is 2.96. The molecule has 12 heteroatoms. The lowest BCUT2D eigenvalue weighted by Gasteiger charge is -2.53. The van der Waals surface area contributed by atoms with Crippen molar-refractivity contribution in [1.29, 1.82) is 0 Å². The first kappa shape index (κ1) is 16.8. The van der Waals surface area contributed by atoms with E-state index >= 15 is 0 Å². The van der Waals surface area contributed by atoms with E-state index in [0.717, 1.165) is 15.8 Å². The molecule has 2 aliphatic heterocycles. The highest BCUT2D eigenvalue weighted by Crippen LogP contribution is 2.33. The number of rotatable bonds is 5. The molecule has 0 spiro atoms. The molecular formula is C13H14N4O8. The maximum absolute atomic E-state index is 12.2. The summed E-state index contributed by atoms with van der Waals surface area (Å²) in [6.07, 6.45) is 0.0788. The first-order valence-electron chi connectivity index (χ1n) is 7.27. The molecule has 2 saturated heterocycles. The Kier molecular flexibility index (Phi) is 4.12. The van der Waals surface area contributed by atoms with Gasteiger partial charge in [-0.3, -0.25) is 14.4 Å².